The van der Waals surface area contributed by atoms with E-state index in [2.05, 4.69) is 259 Å². The van der Waals surface area contributed by atoms with Crippen LogP contribution in [0.25, 0.3) is 4.85 Å². The molecule has 0 unspecified atom stereocenters. The standard InChI is InChI=1S/C12H15N.C12H16O2.C12H16O.C12H18O.C11H17NO2S.C11H16.C10H15N.C10H14.C9H13NO.7CH4.HNO2S/c1-12(2,3)11-8-6-5-7-10(11)9-13-4;1-12(2,3)10-7-5-4-6-9(10)8-11(13)14;1-9(13)10-5-7-11(8-6-10)12(2,3)4;1-9-6-5-7-10(8-13)11(9)12(2,3)4;1-11(2,3)9-7-5-6-8-10(9)15(13,14)12-4;1-9-7-5-6-8-10(9)11(2,3)4;1-8-9(10(2,3)4)6-5-7-11-8;1-10(2,3)9-7-5-4-6-8-9;1-9(2,3)7-5-4-6-10-8(7)11;;;;;;;;1-4(2)3/h5-8H,9H2,1-3H3;4-7H,8H2,1-3H3,(H,13,14);5-8H,1-4H3;5-7,13H,8H2,1-4H3;5-8,12H,1-4H3;5-8H,1-4H3;5-7H,1-4H3;4-8H,1-3H3;4-6H,1-3H3,(H,10,11);7*1H4;1H. The lowest BCUT2D eigenvalue weighted by Gasteiger charge is -2.24. The normalized spacial score (nSPS) is 10.8. The summed E-state index contributed by atoms with van der Waals surface area (Å²) in [5, 5.41) is 18.0. The monoisotopic (exact) mass is 1720 g/mol. The van der Waals surface area contributed by atoms with Crippen molar-refractivity contribution in [3.63, 3.8) is 0 Å². The Morgan fingerprint density at radius 2 is 0.795 bits per heavy atom. The first-order valence-corrected chi connectivity index (χ1v) is 41.7. The molecule has 7 aromatic carbocycles. The molecule has 0 fully saturated rings. The molecule has 14 nitrogen and oxygen atoms in total. The van der Waals surface area contributed by atoms with Crippen LogP contribution in [-0.4, -0.2) is 55.8 Å². The molecule has 0 radical (unpaired) electrons. The van der Waals surface area contributed by atoms with Crippen molar-refractivity contribution >= 4 is 32.3 Å². The lowest BCUT2D eigenvalue weighted by atomic mass is 9.81. The summed E-state index contributed by atoms with van der Waals surface area (Å²) in [5.74, 6) is -0.651. The zero-order valence-corrected chi connectivity index (χ0v) is 77.3. The Labute approximate surface area is 747 Å². The molecule has 0 saturated heterocycles. The highest BCUT2D eigenvalue weighted by molar-refractivity contribution is 7.89. The van der Waals surface area contributed by atoms with Crippen molar-refractivity contribution in [2.45, 2.75) is 340 Å². The molecule has 684 valence electrons. The first-order chi connectivity index (χ1) is 52.5. The van der Waals surface area contributed by atoms with Gasteiger partial charge in [0.25, 0.3) is 5.56 Å². The number of nitrogens with one attached hydrogen (secondary N) is 3. The minimum atomic E-state index is -3.36. The number of H-pyrrole nitrogens is 1. The van der Waals surface area contributed by atoms with Crippen LogP contribution in [0.5, 0.6) is 0 Å². The highest BCUT2D eigenvalue weighted by Crippen LogP contribution is 2.33. The SMILES string of the molecule is C.C.C.C.C.C.C.CC(=O)c1ccc(C(C)(C)C)cc1.CC(C)(C)c1ccc[nH]c1=O.CC(C)(C)c1ccccc1.CC(C)(C)c1ccccc1CC(=O)O.CNS(=O)(=O)c1ccccc1C(C)(C)C.Cc1cccc(CO)c1C(C)(C)C.Cc1ccccc1C(C)(C)C.Cc1ncccc1C(C)(C)C.N=S(=O)=O.[C-]#[N+]Cc1ccccc1C(C)(C)C. The van der Waals surface area contributed by atoms with E-state index in [1.165, 1.54) is 51.6 Å². The van der Waals surface area contributed by atoms with Crippen LogP contribution in [-0.2, 0) is 93.6 Å². The molecule has 0 bridgehead atoms. The number of rotatable bonds is 7. The predicted molar refractivity (Wildman–Crippen MR) is 531 cm³/mol. The number of sulfonamides is 1. The van der Waals surface area contributed by atoms with Crippen molar-refractivity contribution in [3.05, 3.63) is 317 Å². The van der Waals surface area contributed by atoms with Gasteiger partial charge in [0.2, 0.25) is 16.6 Å². The fourth-order valence-electron chi connectivity index (χ4n) is 12.3. The number of aliphatic hydroxyl groups is 1. The number of aryl methyl sites for hydroxylation is 3. The average molecular weight is 1720 g/mol. The van der Waals surface area contributed by atoms with E-state index in [1.54, 1.807) is 25.3 Å². The number of pyridine rings is 2. The largest absolute Gasteiger partial charge is 0.481 e. The Balaban J connectivity index is -0.000000198. The lowest BCUT2D eigenvalue weighted by Crippen LogP contribution is -2.24. The number of aromatic amines is 1. The molecule has 0 aliphatic carbocycles. The van der Waals surface area contributed by atoms with E-state index in [-0.39, 0.29) is 120 Å². The number of Topliss-reactive ketones (excluding diaryl/α,β-unsaturated/α-hetero) is 1. The molecule has 0 saturated carbocycles. The molecule has 0 amide bonds. The molecule has 16 heteroatoms. The second-order valence-electron chi connectivity index (χ2n) is 37.5. The Morgan fingerprint density at radius 3 is 1.12 bits per heavy atom. The van der Waals surface area contributed by atoms with Crippen molar-refractivity contribution in [1.82, 2.24) is 14.7 Å². The summed E-state index contributed by atoms with van der Waals surface area (Å²) in [5.41, 5.74) is 19.5. The Kier molecular flexibility index (Phi) is 60.2. The molecule has 122 heavy (non-hydrogen) atoms. The maximum Gasteiger partial charge on any atom is 0.308 e. The number of carbonyl (C=O) groups is 2. The van der Waals surface area contributed by atoms with Gasteiger partial charge in [-0.15, -0.1) is 0 Å². The number of aromatic nitrogens is 2. The third-order valence-electron chi connectivity index (χ3n) is 18.0. The number of hydrogen-bond acceptors (Lipinski definition) is 10. The molecule has 0 spiro atoms. The Morgan fingerprint density at radius 1 is 0.443 bits per heavy atom. The number of benzene rings is 7. The average Bonchev–Trinajstić information content (AvgIpc) is 0.793. The van der Waals surface area contributed by atoms with Gasteiger partial charge in [0, 0.05) is 34.8 Å². The molecule has 9 aromatic rings. The van der Waals surface area contributed by atoms with Crippen LogP contribution in [0.1, 0.15) is 340 Å². The maximum atomic E-state index is 11.8. The molecule has 9 rings (SSSR count). The van der Waals surface area contributed by atoms with E-state index in [4.69, 9.17) is 24.9 Å². The first kappa shape index (κ1) is 128. The van der Waals surface area contributed by atoms with Gasteiger partial charge in [-0.1, -0.05) is 415 Å². The number of carboxylic acids is 1. The number of nitrogens with zero attached hydrogens (tertiary/aromatic N) is 2. The molecule has 0 aliphatic heterocycles. The number of aliphatic carboxylic acids is 1. The second-order valence-corrected chi connectivity index (χ2v) is 39.8. The summed E-state index contributed by atoms with van der Waals surface area (Å²) in [6.45, 7) is 73.3. The van der Waals surface area contributed by atoms with Gasteiger partial charge in [0.1, 0.15) is 0 Å². The number of aliphatic hydroxyl groups excluding tert-OH is 1. The van der Waals surface area contributed by atoms with Crippen LogP contribution < -0.4 is 10.3 Å². The van der Waals surface area contributed by atoms with Gasteiger partial charge < -0.3 is 20.0 Å². The minimum absolute atomic E-state index is 0. The van der Waals surface area contributed by atoms with E-state index in [0.29, 0.717) is 16.9 Å². The van der Waals surface area contributed by atoms with Gasteiger partial charge in [-0.25, -0.2) is 19.7 Å². The zero-order chi connectivity index (χ0) is 89.1. The van der Waals surface area contributed by atoms with Crippen LogP contribution >= 0.6 is 0 Å². The Bertz CT molecular complexity index is 4720. The topological polar surface area (TPSA) is 229 Å². The summed E-state index contributed by atoms with van der Waals surface area (Å²) in [7, 11) is -4.55. The quantitative estimate of drug-likeness (QED) is 0.0749. The van der Waals surface area contributed by atoms with Crippen molar-refractivity contribution < 1.29 is 36.6 Å². The van der Waals surface area contributed by atoms with E-state index < -0.39 is 26.5 Å². The smallest absolute Gasteiger partial charge is 0.308 e. The highest BCUT2D eigenvalue weighted by atomic mass is 32.2. The van der Waals surface area contributed by atoms with Crippen LogP contribution in [0.15, 0.2) is 216 Å². The van der Waals surface area contributed by atoms with Crippen molar-refractivity contribution in [2.75, 3.05) is 7.05 Å². The number of carbonyl (C=O) groups excluding carboxylic acids is 1. The fraction of sp³-hybridized carbons (Fsp3) is 0.481. The summed E-state index contributed by atoms with van der Waals surface area (Å²) in [6.07, 6.45) is 3.59. The van der Waals surface area contributed by atoms with Crippen LogP contribution in [0.2, 0.25) is 0 Å². The zero-order valence-electron chi connectivity index (χ0n) is 75.7. The van der Waals surface area contributed by atoms with Crippen LogP contribution in [0.3, 0.4) is 0 Å². The molecular weight excluding hydrogens is 1550 g/mol. The molecule has 5 N–H and O–H groups in total. The molecule has 0 aliphatic rings. The van der Waals surface area contributed by atoms with E-state index >= 15 is 0 Å². The number of hydrogen-bond donors (Lipinski definition) is 5. The summed E-state index contributed by atoms with van der Waals surface area (Å²) in [4.78, 5) is 43.6. The lowest BCUT2D eigenvalue weighted by molar-refractivity contribution is -0.136. The fourth-order valence-corrected chi connectivity index (χ4v) is 13.4. The molecule has 2 heterocycles. The highest BCUT2D eigenvalue weighted by Gasteiger charge is 2.26. The number of ketones is 1. The maximum absolute atomic E-state index is 11.8. The number of carboxylic acid groups (broad SMARTS) is 1. The first-order valence-electron chi connectivity index (χ1n) is 39.1. The molecule has 2 aromatic heterocycles. The van der Waals surface area contributed by atoms with Gasteiger partial charge in [-0.05, 0) is 168 Å². The second kappa shape index (κ2) is 57.2. The van der Waals surface area contributed by atoms with Crippen molar-refractivity contribution in [3.8, 4) is 0 Å². The van der Waals surface area contributed by atoms with Crippen molar-refractivity contribution in [2.24, 2.45) is 0 Å². The third kappa shape index (κ3) is 49.2. The van der Waals surface area contributed by atoms with E-state index in [9.17, 15) is 27.9 Å². The summed E-state index contributed by atoms with van der Waals surface area (Å²) < 4.78 is 48.7. The van der Waals surface area contributed by atoms with Gasteiger partial charge in [0.15, 0.2) is 5.78 Å². The Hall–Kier alpha value is -9.24. The molecule has 0 atom stereocenters. The van der Waals surface area contributed by atoms with Gasteiger partial charge in [-0.3, -0.25) is 19.4 Å². The van der Waals surface area contributed by atoms with Crippen LogP contribution in [0, 0.1) is 32.1 Å². The van der Waals surface area contributed by atoms with Gasteiger partial charge in [-0.2, -0.15) is 13.2 Å². The third-order valence-corrected chi connectivity index (χ3v) is 19.4. The van der Waals surface area contributed by atoms with Crippen LogP contribution in [0.4, 0.5) is 0 Å². The summed E-state index contributed by atoms with van der Waals surface area (Å²) in [6, 6.07) is 63.9. The summed E-state index contributed by atoms with van der Waals surface area (Å²) >= 11 is 0. The molecular formula is C106H169N5O9S2. The van der Waals surface area contributed by atoms with Gasteiger partial charge >= 0.3 is 16.5 Å². The predicted octanol–water partition coefficient (Wildman–Crippen LogP) is 28.6. The van der Waals surface area contributed by atoms with Gasteiger partial charge in [0.05, 0.1) is 17.9 Å². The van der Waals surface area contributed by atoms with E-state index in [0.717, 1.165) is 44.6 Å². The minimum Gasteiger partial charge on any atom is -0.481 e. The van der Waals surface area contributed by atoms with Crippen molar-refractivity contribution in [1.29, 1.82) is 4.78 Å². The van der Waals surface area contributed by atoms with E-state index in [1.807, 2.05) is 157 Å².